The van der Waals surface area contributed by atoms with Crippen LogP contribution in [0, 0.1) is 0 Å². The van der Waals surface area contributed by atoms with Gasteiger partial charge in [-0.25, -0.2) is 9.78 Å². The van der Waals surface area contributed by atoms with Gasteiger partial charge in [0.05, 0.1) is 23.6 Å². The predicted octanol–water partition coefficient (Wildman–Crippen LogP) is 7.37. The monoisotopic (exact) mass is 537 g/mol. The molecule has 1 aliphatic rings. The maximum absolute atomic E-state index is 13.3. The van der Waals surface area contributed by atoms with Crippen molar-refractivity contribution in [2.45, 2.75) is 50.5 Å². The van der Waals surface area contributed by atoms with E-state index in [1.807, 2.05) is 23.0 Å². The number of aromatic nitrogens is 2. The first-order valence-corrected chi connectivity index (χ1v) is 13.5. The van der Waals surface area contributed by atoms with E-state index in [0.29, 0.717) is 11.4 Å². The van der Waals surface area contributed by atoms with Gasteiger partial charge in [0.2, 0.25) is 0 Å². The van der Waals surface area contributed by atoms with Crippen molar-refractivity contribution >= 4 is 28.9 Å². The molecule has 0 aliphatic carbocycles. The second-order valence-electron chi connectivity index (χ2n) is 10.1. The number of imidazole rings is 1. The zero-order valence-electron chi connectivity index (χ0n) is 21.7. The number of benzene rings is 3. The van der Waals surface area contributed by atoms with Crippen LogP contribution in [0.25, 0.3) is 22.2 Å². The number of para-hydroxylation sites is 1. The Hall–Kier alpha value is -3.59. The molecule has 1 amide bonds. The zero-order chi connectivity index (χ0) is 27.0. The zero-order valence-corrected chi connectivity index (χ0v) is 22.5. The molecule has 0 bridgehead atoms. The Labute approximate surface area is 224 Å². The summed E-state index contributed by atoms with van der Waals surface area (Å²) in [5.74, 6) is 0.707. The second-order valence-corrected chi connectivity index (χ2v) is 11.0. The summed E-state index contributed by atoms with van der Waals surface area (Å²) in [4.78, 5) is 20.7. The van der Waals surface area contributed by atoms with Crippen LogP contribution in [0.5, 0.6) is 5.75 Å². The molecule has 198 valence electrons. The van der Waals surface area contributed by atoms with Crippen molar-refractivity contribution < 1.29 is 23.0 Å². The molecule has 2 heterocycles. The van der Waals surface area contributed by atoms with E-state index >= 15 is 0 Å². The predicted molar refractivity (Wildman–Crippen MR) is 145 cm³/mol. The highest BCUT2D eigenvalue weighted by Crippen LogP contribution is 2.38. The molecule has 9 heteroatoms. The number of amides is 1. The molecule has 0 N–H and O–H groups in total. The fourth-order valence-corrected chi connectivity index (χ4v) is 5.16. The molecule has 6 nitrogen and oxygen atoms in total. The SMILES string of the molecule is CSc1ccc(-c2ccc3nc4n(c3c2)C(c2ccccc2OC(F)F)CN(C(=O)OC(C)(C)C)C4)cc1. The third kappa shape index (κ3) is 5.34. The van der Waals surface area contributed by atoms with Crippen LogP contribution in [0.1, 0.15) is 38.2 Å². The fourth-order valence-electron chi connectivity index (χ4n) is 4.75. The Kier molecular flexibility index (Phi) is 7.05. The van der Waals surface area contributed by atoms with Crippen LogP contribution in [0.3, 0.4) is 0 Å². The van der Waals surface area contributed by atoms with E-state index in [2.05, 4.69) is 30.3 Å². The summed E-state index contributed by atoms with van der Waals surface area (Å²) in [5.41, 5.74) is 3.54. The van der Waals surface area contributed by atoms with E-state index in [0.717, 1.165) is 22.2 Å². The van der Waals surface area contributed by atoms with Crippen molar-refractivity contribution in [1.29, 1.82) is 0 Å². The Balaban J connectivity index is 1.64. The minimum absolute atomic E-state index is 0.0650. The first kappa shape index (κ1) is 26.0. The average Bonchev–Trinajstić information content (AvgIpc) is 3.25. The van der Waals surface area contributed by atoms with Gasteiger partial charge in [-0.15, -0.1) is 11.8 Å². The number of rotatable bonds is 5. The third-order valence-electron chi connectivity index (χ3n) is 6.37. The van der Waals surface area contributed by atoms with Crippen molar-refractivity contribution in [1.82, 2.24) is 14.5 Å². The molecule has 0 fully saturated rings. The van der Waals surface area contributed by atoms with E-state index in [9.17, 15) is 13.6 Å². The van der Waals surface area contributed by atoms with Crippen LogP contribution in [0.15, 0.2) is 71.6 Å². The number of alkyl halides is 2. The van der Waals surface area contributed by atoms with Gasteiger partial charge in [-0.05, 0) is 68.5 Å². The number of fused-ring (bicyclic) bond motifs is 3. The molecule has 1 aromatic heterocycles. The van der Waals surface area contributed by atoms with Crippen molar-refractivity contribution in [2.24, 2.45) is 0 Å². The van der Waals surface area contributed by atoms with E-state index in [1.54, 1.807) is 55.6 Å². The number of hydrogen-bond donors (Lipinski definition) is 0. The summed E-state index contributed by atoms with van der Waals surface area (Å²) in [7, 11) is 0. The van der Waals surface area contributed by atoms with Crippen LogP contribution in [-0.4, -0.2) is 45.6 Å². The normalized spacial score (nSPS) is 15.6. The molecule has 0 spiro atoms. The number of carbonyl (C=O) groups is 1. The summed E-state index contributed by atoms with van der Waals surface area (Å²) in [6.45, 7) is 2.89. The highest BCUT2D eigenvalue weighted by atomic mass is 32.2. The van der Waals surface area contributed by atoms with E-state index in [-0.39, 0.29) is 18.8 Å². The molecular weight excluding hydrogens is 508 g/mol. The summed E-state index contributed by atoms with van der Waals surface area (Å²) in [6, 6.07) is 20.5. The van der Waals surface area contributed by atoms with Crippen molar-refractivity contribution in [3.8, 4) is 16.9 Å². The molecule has 1 atom stereocenters. The molecule has 38 heavy (non-hydrogen) atoms. The summed E-state index contributed by atoms with van der Waals surface area (Å²) in [6.07, 6.45) is 1.55. The lowest BCUT2D eigenvalue weighted by molar-refractivity contribution is -0.0509. The van der Waals surface area contributed by atoms with Crippen molar-refractivity contribution in [3.05, 3.63) is 78.1 Å². The van der Waals surface area contributed by atoms with Gasteiger partial charge in [-0.1, -0.05) is 36.4 Å². The van der Waals surface area contributed by atoms with Gasteiger partial charge >= 0.3 is 12.7 Å². The van der Waals surface area contributed by atoms with Gasteiger partial charge in [0, 0.05) is 17.0 Å². The van der Waals surface area contributed by atoms with Gasteiger partial charge < -0.3 is 14.0 Å². The number of halogens is 2. The summed E-state index contributed by atoms with van der Waals surface area (Å²) >= 11 is 1.68. The molecule has 1 aliphatic heterocycles. The Morgan fingerprint density at radius 2 is 1.76 bits per heavy atom. The van der Waals surface area contributed by atoms with Crippen LogP contribution in [-0.2, 0) is 11.3 Å². The standard InChI is InChI=1S/C29H29F2N3O3S/c1-29(2,3)37-28(35)33-16-24(21-7-5-6-8-25(21)36-27(30)31)34-23-15-19(11-14-22(23)32-26(34)17-33)18-9-12-20(38-4)13-10-18/h5-15,24,27H,16-17H2,1-4H3. The van der Waals surface area contributed by atoms with Crippen LogP contribution in [0.4, 0.5) is 13.6 Å². The molecule has 1 unspecified atom stereocenters. The second kappa shape index (κ2) is 10.3. The minimum atomic E-state index is -2.98. The Bertz CT molecular complexity index is 1460. The first-order valence-electron chi connectivity index (χ1n) is 12.3. The number of thioether (sulfide) groups is 1. The summed E-state index contributed by atoms with van der Waals surface area (Å²) < 4.78 is 39.2. The number of nitrogens with zero attached hydrogens (tertiary/aromatic N) is 3. The number of carbonyl (C=O) groups excluding carboxylic acids is 1. The average molecular weight is 538 g/mol. The van der Waals surface area contributed by atoms with E-state index in [1.165, 1.54) is 11.0 Å². The lowest BCUT2D eigenvalue weighted by atomic mass is 10.0. The lowest BCUT2D eigenvalue weighted by Gasteiger charge is -2.36. The van der Waals surface area contributed by atoms with E-state index < -0.39 is 24.3 Å². The molecule has 4 aromatic rings. The molecule has 0 saturated carbocycles. The largest absolute Gasteiger partial charge is 0.444 e. The number of ether oxygens (including phenoxy) is 2. The van der Waals surface area contributed by atoms with Crippen molar-refractivity contribution in [3.63, 3.8) is 0 Å². The molecular formula is C29H29F2N3O3S. The quantitative estimate of drug-likeness (QED) is 0.249. The highest BCUT2D eigenvalue weighted by Gasteiger charge is 2.35. The number of hydrogen-bond acceptors (Lipinski definition) is 5. The van der Waals surface area contributed by atoms with Gasteiger partial charge in [-0.3, -0.25) is 4.90 Å². The Morgan fingerprint density at radius 1 is 1.05 bits per heavy atom. The maximum Gasteiger partial charge on any atom is 0.410 e. The molecule has 3 aromatic carbocycles. The smallest absolute Gasteiger partial charge is 0.410 e. The molecule has 5 rings (SSSR count). The topological polar surface area (TPSA) is 56.6 Å². The van der Waals surface area contributed by atoms with Gasteiger partial charge in [0.25, 0.3) is 0 Å². The fraction of sp³-hybridized carbons (Fsp3) is 0.310. The van der Waals surface area contributed by atoms with Crippen LogP contribution in [0.2, 0.25) is 0 Å². The Morgan fingerprint density at radius 3 is 2.45 bits per heavy atom. The maximum atomic E-state index is 13.3. The minimum Gasteiger partial charge on any atom is -0.444 e. The molecule has 0 saturated heterocycles. The van der Waals surface area contributed by atoms with Gasteiger partial charge in [0.1, 0.15) is 17.2 Å². The lowest BCUT2D eigenvalue weighted by Crippen LogP contribution is -2.44. The molecule has 0 radical (unpaired) electrons. The summed E-state index contributed by atoms with van der Waals surface area (Å²) in [5, 5.41) is 0. The van der Waals surface area contributed by atoms with Gasteiger partial charge in [0.15, 0.2) is 0 Å². The van der Waals surface area contributed by atoms with Crippen LogP contribution >= 0.6 is 11.8 Å². The van der Waals surface area contributed by atoms with Crippen molar-refractivity contribution in [2.75, 3.05) is 12.8 Å². The first-order chi connectivity index (χ1) is 18.1. The highest BCUT2D eigenvalue weighted by molar-refractivity contribution is 7.98. The van der Waals surface area contributed by atoms with Crippen LogP contribution < -0.4 is 4.74 Å². The van der Waals surface area contributed by atoms with E-state index in [4.69, 9.17) is 14.5 Å². The third-order valence-corrected chi connectivity index (χ3v) is 7.11. The van der Waals surface area contributed by atoms with Gasteiger partial charge in [-0.2, -0.15) is 8.78 Å².